The van der Waals surface area contributed by atoms with Gasteiger partial charge in [0.2, 0.25) is 5.91 Å². The first kappa shape index (κ1) is 32.1. The van der Waals surface area contributed by atoms with Crippen molar-refractivity contribution in [3.8, 4) is 5.75 Å². The maximum Gasteiger partial charge on any atom is 0.408 e. The number of aryl methyl sites for hydroxylation is 2. The number of aliphatic hydroxyl groups excluding tert-OH is 1. The molecule has 0 aromatic heterocycles. The van der Waals surface area contributed by atoms with Crippen molar-refractivity contribution >= 4 is 23.6 Å². The van der Waals surface area contributed by atoms with Crippen LogP contribution in [-0.2, 0) is 20.7 Å². The molecule has 3 aromatic rings. The van der Waals surface area contributed by atoms with Gasteiger partial charge < -0.3 is 30.1 Å². The summed E-state index contributed by atoms with van der Waals surface area (Å²) in [6.45, 7) is 8.55. The van der Waals surface area contributed by atoms with Crippen LogP contribution in [-0.4, -0.2) is 59.8 Å². The summed E-state index contributed by atoms with van der Waals surface area (Å²) in [5.74, 6) is -0.374. The van der Waals surface area contributed by atoms with Gasteiger partial charge in [0.25, 0.3) is 5.91 Å². The van der Waals surface area contributed by atoms with Crippen LogP contribution >= 0.6 is 0 Å². The Balaban J connectivity index is 2.04. The molecule has 3 rings (SSSR count). The number of nitrogens with one attached hydrogen (secondary N) is 2. The second-order valence-corrected chi connectivity index (χ2v) is 11.1. The molecule has 0 aliphatic carbocycles. The highest BCUT2D eigenvalue weighted by Gasteiger charge is 2.36. The van der Waals surface area contributed by atoms with Gasteiger partial charge in [-0.05, 0) is 81.1 Å². The van der Waals surface area contributed by atoms with E-state index in [1.165, 1.54) is 4.90 Å². The lowest BCUT2D eigenvalue weighted by Crippen LogP contribution is -2.53. The maximum atomic E-state index is 14.3. The van der Waals surface area contributed by atoms with E-state index in [0.717, 1.165) is 16.7 Å². The van der Waals surface area contributed by atoms with E-state index in [-0.39, 0.29) is 13.0 Å². The molecule has 3 N–H and O–H groups in total. The first-order valence-corrected chi connectivity index (χ1v) is 13.9. The van der Waals surface area contributed by atoms with Crippen molar-refractivity contribution in [1.29, 1.82) is 0 Å². The van der Waals surface area contributed by atoms with Gasteiger partial charge in [0.1, 0.15) is 23.4 Å². The average Bonchev–Trinajstić information content (AvgIpc) is 2.94. The highest BCUT2D eigenvalue weighted by Crippen LogP contribution is 2.27. The summed E-state index contributed by atoms with van der Waals surface area (Å²) in [5, 5.41) is 15.7. The summed E-state index contributed by atoms with van der Waals surface area (Å²) >= 11 is 0. The molecule has 9 heteroatoms. The number of nitrogens with zero attached hydrogens (tertiary/aromatic N) is 1. The Bertz CT molecular complexity index is 1350. The first-order chi connectivity index (χ1) is 19.9. The molecule has 9 nitrogen and oxygen atoms in total. The van der Waals surface area contributed by atoms with E-state index < -0.39 is 42.2 Å². The predicted molar refractivity (Wildman–Crippen MR) is 162 cm³/mol. The number of hydrogen-bond acceptors (Lipinski definition) is 6. The molecule has 0 bridgehead atoms. The maximum absolute atomic E-state index is 14.3. The van der Waals surface area contributed by atoms with E-state index in [9.17, 15) is 19.5 Å². The summed E-state index contributed by atoms with van der Waals surface area (Å²) < 4.78 is 10.7. The number of anilines is 1. The first-order valence-electron chi connectivity index (χ1n) is 13.9. The number of ether oxygens (including phenoxy) is 2. The van der Waals surface area contributed by atoms with Crippen LogP contribution < -0.4 is 15.4 Å². The van der Waals surface area contributed by atoms with Gasteiger partial charge in [-0.15, -0.1) is 0 Å². The molecule has 0 radical (unpaired) electrons. The molecule has 0 aliphatic rings. The quantitative estimate of drug-likeness (QED) is 0.298. The molecule has 2 atom stereocenters. The SMILES string of the molecule is COc1ccc(NC(=O)C(c2ccc(C)c(C)c2)N(CCO)C(=O)C(Cc2ccccc2)NC(=O)OC(C)(C)C)cc1. The number of amides is 3. The Labute approximate surface area is 247 Å². The molecule has 3 amide bonds. The third kappa shape index (κ3) is 9.07. The van der Waals surface area contributed by atoms with E-state index in [4.69, 9.17) is 9.47 Å². The molecule has 3 aromatic carbocycles. The normalized spacial score (nSPS) is 12.5. The number of rotatable bonds is 11. The Morgan fingerprint density at radius 1 is 0.929 bits per heavy atom. The summed E-state index contributed by atoms with van der Waals surface area (Å²) in [5.41, 5.74) is 3.08. The topological polar surface area (TPSA) is 117 Å². The lowest BCUT2D eigenvalue weighted by molar-refractivity contribution is -0.141. The smallest absolute Gasteiger partial charge is 0.408 e. The van der Waals surface area contributed by atoms with E-state index in [1.54, 1.807) is 58.2 Å². The number of hydrogen-bond donors (Lipinski definition) is 3. The molecule has 0 saturated carbocycles. The Hall–Kier alpha value is -4.37. The summed E-state index contributed by atoms with van der Waals surface area (Å²) in [6, 6.07) is 19.5. The zero-order valence-electron chi connectivity index (χ0n) is 25.1. The van der Waals surface area contributed by atoms with Crippen LogP contribution in [0.2, 0.25) is 0 Å². The summed E-state index contributed by atoms with van der Waals surface area (Å²) in [6.07, 6.45) is -0.605. The number of carbonyl (C=O) groups excluding carboxylic acids is 3. The standard InChI is InChI=1S/C33H41N3O6/c1-22-12-13-25(20-23(22)2)29(30(38)34-26-14-16-27(41-6)17-15-26)36(18-19-37)31(39)28(21-24-10-8-7-9-11-24)35-32(40)42-33(3,4)5/h7-17,20,28-29,37H,18-19,21H2,1-6H3,(H,34,38)(H,35,40). The molecular weight excluding hydrogens is 534 g/mol. The molecule has 0 aliphatic heterocycles. The fourth-order valence-electron chi connectivity index (χ4n) is 4.47. The van der Waals surface area contributed by atoms with Gasteiger partial charge in [-0.2, -0.15) is 0 Å². The number of aliphatic hydroxyl groups is 1. The monoisotopic (exact) mass is 575 g/mol. The second kappa shape index (κ2) is 14.5. The predicted octanol–water partition coefficient (Wildman–Crippen LogP) is 4.95. The molecule has 224 valence electrons. The Kier molecular flexibility index (Phi) is 11.1. The van der Waals surface area contributed by atoms with Gasteiger partial charge in [-0.25, -0.2) is 4.79 Å². The van der Waals surface area contributed by atoms with Crippen molar-refractivity contribution in [3.05, 3.63) is 95.1 Å². The van der Waals surface area contributed by atoms with Crippen LogP contribution in [0.25, 0.3) is 0 Å². The Morgan fingerprint density at radius 2 is 1.60 bits per heavy atom. The van der Waals surface area contributed by atoms with Crippen LogP contribution in [0, 0.1) is 13.8 Å². The molecule has 0 spiro atoms. The van der Waals surface area contributed by atoms with Crippen LogP contribution in [0.15, 0.2) is 72.8 Å². The average molecular weight is 576 g/mol. The minimum absolute atomic E-state index is 0.145. The van der Waals surface area contributed by atoms with E-state index >= 15 is 0 Å². The largest absolute Gasteiger partial charge is 0.497 e. The highest BCUT2D eigenvalue weighted by atomic mass is 16.6. The molecule has 2 unspecified atom stereocenters. The van der Waals surface area contributed by atoms with Gasteiger partial charge in [0, 0.05) is 18.7 Å². The van der Waals surface area contributed by atoms with Crippen LogP contribution in [0.3, 0.4) is 0 Å². The van der Waals surface area contributed by atoms with Gasteiger partial charge in [0.15, 0.2) is 0 Å². The van der Waals surface area contributed by atoms with E-state index in [2.05, 4.69) is 10.6 Å². The third-order valence-electron chi connectivity index (χ3n) is 6.66. The van der Waals surface area contributed by atoms with Crippen molar-refractivity contribution in [2.45, 2.75) is 58.7 Å². The highest BCUT2D eigenvalue weighted by molar-refractivity contribution is 5.99. The van der Waals surface area contributed by atoms with Crippen molar-refractivity contribution in [2.24, 2.45) is 0 Å². The molecule has 0 fully saturated rings. The van der Waals surface area contributed by atoms with Crippen molar-refractivity contribution in [3.63, 3.8) is 0 Å². The summed E-state index contributed by atoms with van der Waals surface area (Å²) in [7, 11) is 1.55. The van der Waals surface area contributed by atoms with Crippen molar-refractivity contribution in [1.82, 2.24) is 10.2 Å². The number of carbonyl (C=O) groups is 3. The van der Waals surface area contributed by atoms with Gasteiger partial charge >= 0.3 is 6.09 Å². The van der Waals surface area contributed by atoms with E-state index in [1.807, 2.05) is 56.3 Å². The fourth-order valence-corrected chi connectivity index (χ4v) is 4.47. The van der Waals surface area contributed by atoms with Crippen molar-refractivity contribution < 1.29 is 29.0 Å². The van der Waals surface area contributed by atoms with Crippen LogP contribution in [0.4, 0.5) is 10.5 Å². The minimum Gasteiger partial charge on any atom is -0.497 e. The zero-order chi connectivity index (χ0) is 30.9. The fraction of sp³-hybridized carbons (Fsp3) is 0.364. The van der Waals surface area contributed by atoms with Gasteiger partial charge in [-0.1, -0.05) is 48.5 Å². The molecular formula is C33H41N3O6. The number of methoxy groups -OCH3 is 1. The Morgan fingerprint density at radius 3 is 2.17 bits per heavy atom. The van der Waals surface area contributed by atoms with Crippen LogP contribution in [0.5, 0.6) is 5.75 Å². The lowest BCUT2D eigenvalue weighted by atomic mass is 9.97. The van der Waals surface area contributed by atoms with Gasteiger partial charge in [-0.3, -0.25) is 9.59 Å². The van der Waals surface area contributed by atoms with Crippen LogP contribution in [0.1, 0.15) is 49.1 Å². The molecule has 0 saturated heterocycles. The number of benzene rings is 3. The molecule has 0 heterocycles. The zero-order valence-corrected chi connectivity index (χ0v) is 25.1. The minimum atomic E-state index is -1.11. The third-order valence-corrected chi connectivity index (χ3v) is 6.66. The van der Waals surface area contributed by atoms with Crippen molar-refractivity contribution in [2.75, 3.05) is 25.6 Å². The lowest BCUT2D eigenvalue weighted by Gasteiger charge is -2.34. The number of alkyl carbamates (subject to hydrolysis) is 1. The molecule has 42 heavy (non-hydrogen) atoms. The van der Waals surface area contributed by atoms with E-state index in [0.29, 0.717) is 17.0 Å². The second-order valence-electron chi connectivity index (χ2n) is 11.1. The van der Waals surface area contributed by atoms with Gasteiger partial charge in [0.05, 0.1) is 13.7 Å². The summed E-state index contributed by atoms with van der Waals surface area (Å²) in [4.78, 5) is 42.4.